The van der Waals surface area contributed by atoms with Gasteiger partial charge in [-0.25, -0.2) is 0 Å². The zero-order valence-corrected chi connectivity index (χ0v) is 20.7. The van der Waals surface area contributed by atoms with Crippen LogP contribution in [0.25, 0.3) is 0 Å². The zero-order chi connectivity index (χ0) is 25.0. The minimum atomic E-state index is -0.101. The monoisotopic (exact) mass is 496 g/mol. The summed E-state index contributed by atoms with van der Waals surface area (Å²) < 4.78 is 23.0. The Labute approximate surface area is 212 Å². The third-order valence-corrected chi connectivity index (χ3v) is 6.28. The first-order valence-corrected chi connectivity index (χ1v) is 12.9. The molecule has 4 rings (SSSR count). The number of nitrogens with one attached hydrogen (secondary N) is 2. The van der Waals surface area contributed by atoms with Crippen LogP contribution < -0.4 is 20.1 Å². The largest absolute Gasteiger partial charge is 0.489 e. The third kappa shape index (κ3) is 8.24. The van der Waals surface area contributed by atoms with Crippen LogP contribution in [0.15, 0.2) is 48.5 Å². The molecule has 194 valence electrons. The summed E-state index contributed by atoms with van der Waals surface area (Å²) in [5.41, 5.74) is 1.30. The van der Waals surface area contributed by atoms with Gasteiger partial charge < -0.3 is 29.6 Å². The average molecular weight is 497 g/mol. The van der Waals surface area contributed by atoms with Crippen molar-refractivity contribution in [2.45, 2.75) is 63.6 Å². The number of benzene rings is 2. The van der Waals surface area contributed by atoms with Crippen molar-refractivity contribution in [3.8, 4) is 11.5 Å². The highest BCUT2D eigenvalue weighted by Crippen LogP contribution is 2.27. The van der Waals surface area contributed by atoms with Crippen LogP contribution >= 0.6 is 0 Å². The number of hydrogen-bond donors (Lipinski definition) is 2. The van der Waals surface area contributed by atoms with Gasteiger partial charge in [0.1, 0.15) is 24.7 Å². The SMILES string of the molecule is O=C(CCCCC(=O)Nc1ccccc1OCC1CCCO1)Nc1ccccc1OCC1CCCO1. The number of carbonyl (C=O) groups is 2. The molecule has 8 nitrogen and oxygen atoms in total. The van der Waals surface area contributed by atoms with Crippen molar-refractivity contribution in [3.05, 3.63) is 48.5 Å². The molecule has 2 atom stereocenters. The highest BCUT2D eigenvalue weighted by molar-refractivity contribution is 5.93. The first-order valence-electron chi connectivity index (χ1n) is 12.9. The molecule has 2 aromatic carbocycles. The fourth-order valence-electron chi connectivity index (χ4n) is 4.31. The summed E-state index contributed by atoms with van der Waals surface area (Å²) in [7, 11) is 0. The van der Waals surface area contributed by atoms with Gasteiger partial charge in [-0.1, -0.05) is 24.3 Å². The van der Waals surface area contributed by atoms with Crippen molar-refractivity contribution in [2.75, 3.05) is 37.1 Å². The Balaban J connectivity index is 1.15. The molecule has 0 saturated carbocycles. The molecule has 2 aromatic rings. The lowest BCUT2D eigenvalue weighted by Gasteiger charge is -2.15. The molecular formula is C28H36N2O6. The van der Waals surface area contributed by atoms with E-state index in [1.54, 1.807) is 0 Å². The van der Waals surface area contributed by atoms with Crippen LogP contribution in [-0.4, -0.2) is 50.4 Å². The van der Waals surface area contributed by atoms with E-state index < -0.39 is 0 Å². The number of anilines is 2. The van der Waals surface area contributed by atoms with Crippen molar-refractivity contribution in [1.29, 1.82) is 0 Å². The molecule has 0 aliphatic carbocycles. The van der Waals surface area contributed by atoms with Gasteiger partial charge in [0.25, 0.3) is 0 Å². The standard InChI is InChI=1S/C28H36N2O6/c31-27(29-23-11-1-3-13-25(23)35-19-21-9-7-17-33-21)15-5-6-16-28(32)30-24-12-2-4-14-26(24)36-20-22-10-8-18-34-22/h1-4,11-14,21-22H,5-10,15-20H2,(H,29,31)(H,30,32). The molecule has 2 fully saturated rings. The maximum atomic E-state index is 12.5. The van der Waals surface area contributed by atoms with Gasteiger partial charge in [0, 0.05) is 26.1 Å². The normalized spacial score (nSPS) is 19.1. The van der Waals surface area contributed by atoms with Crippen LogP contribution in [0.2, 0.25) is 0 Å². The van der Waals surface area contributed by atoms with Crippen LogP contribution in [-0.2, 0) is 19.1 Å². The van der Waals surface area contributed by atoms with Gasteiger partial charge in [0.15, 0.2) is 0 Å². The highest BCUT2D eigenvalue weighted by atomic mass is 16.5. The van der Waals surface area contributed by atoms with E-state index in [4.69, 9.17) is 18.9 Å². The fourth-order valence-corrected chi connectivity index (χ4v) is 4.31. The maximum absolute atomic E-state index is 12.5. The number of ether oxygens (including phenoxy) is 4. The van der Waals surface area contributed by atoms with Crippen molar-refractivity contribution >= 4 is 23.2 Å². The van der Waals surface area contributed by atoms with E-state index in [2.05, 4.69) is 10.6 Å². The van der Waals surface area contributed by atoms with Gasteiger partial charge in [-0.05, 0) is 62.8 Å². The number of carbonyl (C=O) groups excluding carboxylic acids is 2. The second-order valence-corrected chi connectivity index (χ2v) is 9.19. The number of para-hydroxylation sites is 4. The smallest absolute Gasteiger partial charge is 0.224 e. The Morgan fingerprint density at radius 3 is 1.58 bits per heavy atom. The van der Waals surface area contributed by atoms with Crippen LogP contribution in [0.4, 0.5) is 11.4 Å². The predicted molar refractivity (Wildman–Crippen MR) is 138 cm³/mol. The van der Waals surface area contributed by atoms with Crippen molar-refractivity contribution < 1.29 is 28.5 Å². The summed E-state index contributed by atoms with van der Waals surface area (Å²) in [5.74, 6) is 1.08. The van der Waals surface area contributed by atoms with Crippen LogP contribution in [0, 0.1) is 0 Å². The number of rotatable bonds is 13. The lowest BCUT2D eigenvalue weighted by molar-refractivity contribution is -0.118. The Kier molecular flexibility index (Phi) is 9.99. The summed E-state index contributed by atoms with van der Waals surface area (Å²) in [5, 5.41) is 5.85. The van der Waals surface area contributed by atoms with E-state index in [1.165, 1.54) is 0 Å². The second-order valence-electron chi connectivity index (χ2n) is 9.19. The maximum Gasteiger partial charge on any atom is 0.224 e. The van der Waals surface area contributed by atoms with Crippen LogP contribution in [0.1, 0.15) is 51.4 Å². The molecule has 2 saturated heterocycles. The quantitative estimate of drug-likeness (QED) is 0.382. The molecule has 0 spiro atoms. The molecule has 2 aliphatic heterocycles. The minimum Gasteiger partial charge on any atom is -0.489 e. The molecule has 0 radical (unpaired) electrons. The van der Waals surface area contributed by atoms with Crippen LogP contribution in [0.3, 0.4) is 0 Å². The van der Waals surface area contributed by atoms with Gasteiger partial charge in [-0.3, -0.25) is 9.59 Å². The summed E-state index contributed by atoms with van der Waals surface area (Å²) in [6.07, 6.45) is 6.19. The lowest BCUT2D eigenvalue weighted by Crippen LogP contribution is -2.18. The average Bonchev–Trinajstić information content (AvgIpc) is 3.60. The third-order valence-electron chi connectivity index (χ3n) is 6.28. The summed E-state index contributed by atoms with van der Waals surface area (Å²) in [6.45, 7) is 2.51. The zero-order valence-electron chi connectivity index (χ0n) is 20.7. The topological polar surface area (TPSA) is 95.1 Å². The minimum absolute atomic E-state index is 0.101. The predicted octanol–water partition coefficient (Wildman–Crippen LogP) is 4.94. The Morgan fingerprint density at radius 2 is 1.17 bits per heavy atom. The van der Waals surface area contributed by atoms with E-state index >= 15 is 0 Å². The second kappa shape index (κ2) is 13.8. The first-order chi connectivity index (χ1) is 17.7. The van der Waals surface area contributed by atoms with Gasteiger partial charge >= 0.3 is 0 Å². The molecule has 0 bridgehead atoms. The molecule has 8 heteroatoms. The molecule has 2 unspecified atom stereocenters. The Bertz CT molecular complexity index is 906. The highest BCUT2D eigenvalue weighted by Gasteiger charge is 2.18. The van der Waals surface area contributed by atoms with Crippen molar-refractivity contribution in [1.82, 2.24) is 0 Å². The van der Waals surface area contributed by atoms with E-state index in [9.17, 15) is 9.59 Å². The Morgan fingerprint density at radius 1 is 0.722 bits per heavy atom. The van der Waals surface area contributed by atoms with E-state index in [0.29, 0.717) is 61.8 Å². The van der Waals surface area contributed by atoms with Crippen molar-refractivity contribution in [2.24, 2.45) is 0 Å². The van der Waals surface area contributed by atoms with Gasteiger partial charge in [0.05, 0.1) is 23.6 Å². The Hall–Kier alpha value is -3.10. The molecule has 2 heterocycles. The lowest BCUT2D eigenvalue weighted by atomic mass is 10.1. The van der Waals surface area contributed by atoms with Crippen molar-refractivity contribution in [3.63, 3.8) is 0 Å². The number of unbranched alkanes of at least 4 members (excludes halogenated alkanes) is 1. The van der Waals surface area contributed by atoms with E-state index in [1.807, 2.05) is 48.5 Å². The number of hydrogen-bond acceptors (Lipinski definition) is 6. The fraction of sp³-hybridized carbons (Fsp3) is 0.500. The van der Waals surface area contributed by atoms with Gasteiger partial charge in [-0.15, -0.1) is 0 Å². The molecule has 0 aromatic heterocycles. The summed E-state index contributed by atoms with van der Waals surface area (Å²) in [4.78, 5) is 24.9. The number of amides is 2. The molecular weight excluding hydrogens is 460 g/mol. The summed E-state index contributed by atoms with van der Waals surface area (Å²) >= 11 is 0. The first kappa shape index (κ1) is 26.0. The molecule has 2 amide bonds. The van der Waals surface area contributed by atoms with Gasteiger partial charge in [0.2, 0.25) is 11.8 Å². The summed E-state index contributed by atoms with van der Waals surface area (Å²) in [6, 6.07) is 14.8. The van der Waals surface area contributed by atoms with Crippen LogP contribution in [0.5, 0.6) is 11.5 Å². The molecule has 2 N–H and O–H groups in total. The van der Waals surface area contributed by atoms with E-state index in [0.717, 1.165) is 38.9 Å². The molecule has 36 heavy (non-hydrogen) atoms. The molecule has 2 aliphatic rings. The van der Waals surface area contributed by atoms with E-state index in [-0.39, 0.29) is 24.0 Å². The van der Waals surface area contributed by atoms with Gasteiger partial charge in [-0.2, -0.15) is 0 Å².